The fraction of sp³-hybridized carbons (Fsp3) is 0.222. The zero-order valence-corrected chi connectivity index (χ0v) is 15.3. The minimum atomic E-state index is -0.292. The maximum atomic E-state index is 13.0. The molecule has 0 saturated heterocycles. The number of amidine groups is 1. The van der Waals surface area contributed by atoms with E-state index < -0.39 is 0 Å². The molecule has 0 aromatic heterocycles. The number of thioether (sulfide) groups is 1. The van der Waals surface area contributed by atoms with Crippen LogP contribution >= 0.6 is 27.7 Å². The predicted molar refractivity (Wildman–Crippen MR) is 99.6 cm³/mol. The summed E-state index contributed by atoms with van der Waals surface area (Å²) in [6, 6.07) is 14.2. The Hall–Kier alpha value is -1.66. The minimum absolute atomic E-state index is 0.00108. The van der Waals surface area contributed by atoms with Crippen molar-refractivity contribution in [1.82, 2.24) is 4.90 Å². The number of nitrogens with zero attached hydrogens (tertiary/aromatic N) is 2. The fourth-order valence-corrected chi connectivity index (χ4v) is 3.67. The van der Waals surface area contributed by atoms with Crippen LogP contribution in [0.2, 0.25) is 0 Å². The van der Waals surface area contributed by atoms with Gasteiger partial charge < -0.3 is 0 Å². The van der Waals surface area contributed by atoms with Crippen LogP contribution < -0.4 is 0 Å². The average molecular weight is 407 g/mol. The Morgan fingerprint density at radius 2 is 1.79 bits per heavy atom. The monoisotopic (exact) mass is 406 g/mol. The van der Waals surface area contributed by atoms with Gasteiger partial charge in [0.15, 0.2) is 5.17 Å². The van der Waals surface area contributed by atoms with E-state index >= 15 is 0 Å². The number of amides is 1. The molecule has 0 unspecified atom stereocenters. The van der Waals surface area contributed by atoms with Crippen molar-refractivity contribution in [3.63, 3.8) is 0 Å². The van der Waals surface area contributed by atoms with Gasteiger partial charge in [-0.25, -0.2) is 4.39 Å². The molecular formula is C18H16BrFN2OS. The van der Waals surface area contributed by atoms with Crippen LogP contribution in [0, 0.1) is 5.82 Å². The molecule has 0 radical (unpaired) electrons. The molecule has 1 heterocycles. The summed E-state index contributed by atoms with van der Waals surface area (Å²) in [6.07, 6.45) is 0.262. The third-order valence-corrected chi connectivity index (χ3v) is 5.27. The van der Waals surface area contributed by atoms with Crippen LogP contribution in [0.15, 0.2) is 58.0 Å². The molecule has 3 nitrogen and oxygen atoms in total. The first-order valence-corrected chi connectivity index (χ1v) is 9.36. The number of halogens is 2. The first kappa shape index (κ1) is 17.2. The SMILES string of the molecule is O=C(Cc1ccc(F)cc1)N1CCN=C1SCc1ccc(Br)cc1. The molecule has 0 aliphatic carbocycles. The molecule has 0 fully saturated rings. The highest BCUT2D eigenvalue weighted by atomic mass is 79.9. The van der Waals surface area contributed by atoms with E-state index in [4.69, 9.17) is 0 Å². The van der Waals surface area contributed by atoms with Gasteiger partial charge in [-0.2, -0.15) is 0 Å². The summed E-state index contributed by atoms with van der Waals surface area (Å²) in [7, 11) is 0. The van der Waals surface area contributed by atoms with E-state index in [1.807, 2.05) is 12.1 Å². The number of hydrogen-bond acceptors (Lipinski definition) is 3. The Balaban J connectivity index is 1.59. The van der Waals surface area contributed by atoms with Crippen LogP contribution in [0.4, 0.5) is 4.39 Å². The van der Waals surface area contributed by atoms with Crippen molar-refractivity contribution in [3.8, 4) is 0 Å². The smallest absolute Gasteiger partial charge is 0.233 e. The van der Waals surface area contributed by atoms with Crippen LogP contribution in [-0.2, 0) is 17.0 Å². The largest absolute Gasteiger partial charge is 0.289 e. The summed E-state index contributed by atoms with van der Waals surface area (Å²) < 4.78 is 14.0. The Morgan fingerprint density at radius 3 is 2.50 bits per heavy atom. The molecule has 6 heteroatoms. The van der Waals surface area contributed by atoms with Gasteiger partial charge in [-0.05, 0) is 35.4 Å². The van der Waals surface area contributed by atoms with Crippen molar-refractivity contribution in [2.45, 2.75) is 12.2 Å². The lowest BCUT2D eigenvalue weighted by molar-refractivity contribution is -0.126. The van der Waals surface area contributed by atoms with E-state index in [1.165, 1.54) is 17.7 Å². The van der Waals surface area contributed by atoms with Gasteiger partial charge in [-0.15, -0.1) is 0 Å². The molecule has 1 amide bonds. The van der Waals surface area contributed by atoms with Gasteiger partial charge in [0.1, 0.15) is 5.82 Å². The predicted octanol–water partition coefficient (Wildman–Crippen LogP) is 4.26. The topological polar surface area (TPSA) is 32.7 Å². The number of benzene rings is 2. The number of carbonyl (C=O) groups excluding carboxylic acids is 1. The summed E-state index contributed by atoms with van der Waals surface area (Å²) in [4.78, 5) is 18.7. The van der Waals surface area contributed by atoms with E-state index in [2.05, 4.69) is 33.1 Å². The summed E-state index contributed by atoms with van der Waals surface area (Å²) in [5.74, 6) is 0.479. The molecule has 1 aliphatic heterocycles. The van der Waals surface area contributed by atoms with Gasteiger partial charge in [0, 0.05) is 16.8 Å². The summed E-state index contributed by atoms with van der Waals surface area (Å²) in [5.41, 5.74) is 1.99. The molecule has 124 valence electrons. The lowest BCUT2D eigenvalue weighted by Crippen LogP contribution is -2.34. The van der Waals surface area contributed by atoms with Crippen LogP contribution in [0.1, 0.15) is 11.1 Å². The number of rotatable bonds is 4. The lowest BCUT2D eigenvalue weighted by Gasteiger charge is -2.18. The Kier molecular flexibility index (Phi) is 5.68. The lowest BCUT2D eigenvalue weighted by atomic mass is 10.1. The highest BCUT2D eigenvalue weighted by Crippen LogP contribution is 2.21. The average Bonchev–Trinajstić information content (AvgIpc) is 3.05. The van der Waals surface area contributed by atoms with Crippen molar-refractivity contribution in [1.29, 1.82) is 0 Å². The van der Waals surface area contributed by atoms with Crippen LogP contribution in [0.25, 0.3) is 0 Å². The molecule has 2 aromatic rings. The zero-order valence-electron chi connectivity index (χ0n) is 12.9. The Bertz CT molecular complexity index is 747. The van der Waals surface area contributed by atoms with Crippen molar-refractivity contribution < 1.29 is 9.18 Å². The van der Waals surface area contributed by atoms with E-state index in [9.17, 15) is 9.18 Å². The van der Waals surface area contributed by atoms with Crippen LogP contribution in [-0.4, -0.2) is 29.1 Å². The highest BCUT2D eigenvalue weighted by molar-refractivity contribution is 9.10. The van der Waals surface area contributed by atoms with Gasteiger partial charge in [0.25, 0.3) is 0 Å². The quantitative estimate of drug-likeness (QED) is 0.759. The normalized spacial score (nSPS) is 13.9. The first-order chi connectivity index (χ1) is 11.6. The minimum Gasteiger partial charge on any atom is -0.289 e. The second-order valence-electron chi connectivity index (χ2n) is 5.43. The van der Waals surface area contributed by atoms with Crippen molar-refractivity contribution in [2.75, 3.05) is 13.1 Å². The first-order valence-electron chi connectivity index (χ1n) is 7.58. The van der Waals surface area contributed by atoms with E-state index in [-0.39, 0.29) is 18.1 Å². The maximum absolute atomic E-state index is 13.0. The van der Waals surface area contributed by atoms with Crippen molar-refractivity contribution in [2.24, 2.45) is 4.99 Å². The van der Waals surface area contributed by atoms with E-state index in [0.717, 1.165) is 21.0 Å². The number of aliphatic imine (C=N–C) groups is 1. The van der Waals surface area contributed by atoms with Gasteiger partial charge >= 0.3 is 0 Å². The third-order valence-electron chi connectivity index (χ3n) is 3.65. The van der Waals surface area contributed by atoms with Gasteiger partial charge in [-0.1, -0.05) is 52.0 Å². The summed E-state index contributed by atoms with van der Waals surface area (Å²) >= 11 is 4.99. The molecule has 0 saturated carbocycles. The highest BCUT2D eigenvalue weighted by Gasteiger charge is 2.24. The summed E-state index contributed by atoms with van der Waals surface area (Å²) in [6.45, 7) is 1.25. The van der Waals surface area contributed by atoms with Crippen LogP contribution in [0.5, 0.6) is 0 Å². The van der Waals surface area contributed by atoms with Crippen molar-refractivity contribution in [3.05, 3.63) is 69.9 Å². The zero-order chi connectivity index (χ0) is 16.9. The molecule has 3 rings (SSSR count). The summed E-state index contributed by atoms with van der Waals surface area (Å²) in [5, 5.41) is 0.769. The van der Waals surface area contributed by atoms with Crippen LogP contribution in [0.3, 0.4) is 0 Å². The molecule has 1 aliphatic rings. The van der Waals surface area contributed by atoms with E-state index in [1.54, 1.807) is 28.8 Å². The van der Waals surface area contributed by atoms with Crippen molar-refractivity contribution >= 4 is 38.8 Å². The van der Waals surface area contributed by atoms with Gasteiger partial charge in [0.05, 0.1) is 13.0 Å². The number of hydrogen-bond donors (Lipinski definition) is 0. The van der Waals surface area contributed by atoms with Gasteiger partial charge in [0.2, 0.25) is 5.91 Å². The number of carbonyl (C=O) groups is 1. The molecule has 0 bridgehead atoms. The Morgan fingerprint density at radius 1 is 1.12 bits per heavy atom. The molecule has 24 heavy (non-hydrogen) atoms. The third kappa shape index (κ3) is 4.45. The van der Waals surface area contributed by atoms with Gasteiger partial charge in [-0.3, -0.25) is 14.7 Å². The fourth-order valence-electron chi connectivity index (χ4n) is 2.38. The maximum Gasteiger partial charge on any atom is 0.233 e. The molecule has 0 spiro atoms. The second kappa shape index (κ2) is 7.94. The molecular weight excluding hydrogens is 391 g/mol. The van der Waals surface area contributed by atoms with E-state index in [0.29, 0.717) is 13.1 Å². The Labute approximate surface area is 153 Å². The molecule has 2 aromatic carbocycles. The molecule has 0 N–H and O–H groups in total. The second-order valence-corrected chi connectivity index (χ2v) is 7.29. The standard InChI is InChI=1S/C18H16BrFN2OS/c19-15-5-1-14(2-6-15)12-24-18-21-9-10-22(18)17(23)11-13-3-7-16(20)8-4-13/h1-8H,9-12H2. The molecule has 0 atom stereocenters.